The van der Waals surface area contributed by atoms with E-state index in [-0.39, 0.29) is 0 Å². The van der Waals surface area contributed by atoms with Crippen LogP contribution in [0.25, 0.3) is 10.9 Å². The van der Waals surface area contributed by atoms with Crippen LogP contribution in [0.3, 0.4) is 0 Å². The second kappa shape index (κ2) is 5.23. The number of aromatic nitrogens is 1. The van der Waals surface area contributed by atoms with Crippen molar-refractivity contribution in [2.24, 2.45) is 5.41 Å². The summed E-state index contributed by atoms with van der Waals surface area (Å²) in [5, 5.41) is 1.19. The Morgan fingerprint density at radius 1 is 1.11 bits per heavy atom. The first-order valence-corrected chi connectivity index (χ1v) is 6.34. The molecule has 0 saturated heterocycles. The number of rotatable bonds is 1. The summed E-state index contributed by atoms with van der Waals surface area (Å²) >= 11 is 0. The summed E-state index contributed by atoms with van der Waals surface area (Å²) in [5.74, 6) is 6.51. The van der Waals surface area contributed by atoms with Gasteiger partial charge < -0.3 is 0 Å². The van der Waals surface area contributed by atoms with E-state index >= 15 is 0 Å². The Kier molecular flexibility index (Phi) is 3.67. The smallest absolute Gasteiger partial charge is 0.0702 e. The van der Waals surface area contributed by atoms with Crippen LogP contribution in [0.2, 0.25) is 0 Å². The van der Waals surface area contributed by atoms with E-state index in [0.717, 1.165) is 18.4 Å². The summed E-state index contributed by atoms with van der Waals surface area (Å²) in [5.41, 5.74) is 2.60. The van der Waals surface area contributed by atoms with Gasteiger partial charge in [0.05, 0.1) is 5.52 Å². The van der Waals surface area contributed by atoms with Gasteiger partial charge in [-0.15, -0.1) is 5.92 Å². The predicted molar refractivity (Wildman–Crippen MR) is 77.3 cm³/mol. The SMILES string of the molecule is CC(C)(C)CC#CCc1ccc2ncccc2c1. The summed E-state index contributed by atoms with van der Waals surface area (Å²) in [6.07, 6.45) is 3.59. The Balaban J connectivity index is 2.08. The quantitative estimate of drug-likeness (QED) is 0.677. The van der Waals surface area contributed by atoms with Crippen LogP contribution in [0.5, 0.6) is 0 Å². The van der Waals surface area contributed by atoms with Crippen LogP contribution >= 0.6 is 0 Å². The van der Waals surface area contributed by atoms with Crippen LogP contribution < -0.4 is 0 Å². The van der Waals surface area contributed by atoms with Crippen LogP contribution in [0.1, 0.15) is 32.8 Å². The molecular weight excluding hydrogens is 218 g/mol. The lowest BCUT2D eigenvalue weighted by molar-refractivity contribution is 0.428. The molecule has 1 aromatic heterocycles. The third kappa shape index (κ3) is 3.60. The first-order chi connectivity index (χ1) is 8.54. The molecule has 0 bridgehead atoms. The van der Waals surface area contributed by atoms with Crippen LogP contribution in [0.4, 0.5) is 0 Å². The normalized spacial score (nSPS) is 11.1. The molecule has 0 aliphatic heterocycles. The van der Waals surface area contributed by atoms with Gasteiger partial charge >= 0.3 is 0 Å². The number of hydrogen-bond donors (Lipinski definition) is 0. The highest BCUT2D eigenvalue weighted by Gasteiger charge is 2.06. The van der Waals surface area contributed by atoms with Crippen molar-refractivity contribution in [2.75, 3.05) is 0 Å². The Morgan fingerprint density at radius 3 is 2.72 bits per heavy atom. The molecule has 0 unspecified atom stereocenters. The van der Waals surface area contributed by atoms with E-state index in [1.54, 1.807) is 0 Å². The third-order valence-corrected chi connectivity index (χ3v) is 2.70. The molecule has 0 amide bonds. The van der Waals surface area contributed by atoms with Crippen molar-refractivity contribution in [3.63, 3.8) is 0 Å². The van der Waals surface area contributed by atoms with Crippen molar-refractivity contribution < 1.29 is 0 Å². The second-order valence-corrected chi connectivity index (χ2v) is 5.80. The minimum atomic E-state index is 0.292. The minimum absolute atomic E-state index is 0.292. The maximum Gasteiger partial charge on any atom is 0.0702 e. The monoisotopic (exact) mass is 237 g/mol. The third-order valence-electron chi connectivity index (χ3n) is 2.70. The minimum Gasteiger partial charge on any atom is -0.256 e. The van der Waals surface area contributed by atoms with Gasteiger partial charge in [-0.2, -0.15) is 0 Å². The topological polar surface area (TPSA) is 12.9 Å². The van der Waals surface area contributed by atoms with E-state index in [9.17, 15) is 0 Å². The first-order valence-electron chi connectivity index (χ1n) is 6.34. The van der Waals surface area contributed by atoms with Gasteiger partial charge in [-0.3, -0.25) is 4.98 Å². The fraction of sp³-hybridized carbons (Fsp3) is 0.353. The molecule has 0 N–H and O–H groups in total. The molecule has 1 heteroatoms. The maximum absolute atomic E-state index is 4.32. The maximum atomic E-state index is 4.32. The molecule has 18 heavy (non-hydrogen) atoms. The zero-order valence-corrected chi connectivity index (χ0v) is 11.3. The molecule has 0 aliphatic rings. The molecule has 0 atom stereocenters. The van der Waals surface area contributed by atoms with Gasteiger partial charge in [-0.05, 0) is 29.2 Å². The van der Waals surface area contributed by atoms with Crippen molar-refractivity contribution in [3.8, 4) is 11.8 Å². The molecule has 0 spiro atoms. The Hall–Kier alpha value is -1.81. The van der Waals surface area contributed by atoms with Gasteiger partial charge in [0.15, 0.2) is 0 Å². The zero-order chi connectivity index (χ0) is 13.0. The summed E-state index contributed by atoms with van der Waals surface area (Å²) in [6, 6.07) is 10.4. The molecule has 0 aliphatic carbocycles. The molecule has 1 nitrogen and oxygen atoms in total. The zero-order valence-electron chi connectivity index (χ0n) is 11.3. The molecule has 1 aromatic carbocycles. The summed E-state index contributed by atoms with van der Waals surface area (Å²) in [4.78, 5) is 4.32. The average molecular weight is 237 g/mol. The predicted octanol–water partition coefficient (Wildman–Crippen LogP) is 4.22. The first kappa shape index (κ1) is 12.6. The molecule has 2 rings (SSSR count). The Morgan fingerprint density at radius 2 is 1.94 bits per heavy atom. The van der Waals surface area contributed by atoms with E-state index in [0.29, 0.717) is 5.41 Å². The van der Waals surface area contributed by atoms with E-state index in [1.807, 2.05) is 12.3 Å². The largest absolute Gasteiger partial charge is 0.256 e. The molecule has 1 heterocycles. The lowest BCUT2D eigenvalue weighted by atomic mass is 9.93. The molecule has 0 saturated carbocycles. The van der Waals surface area contributed by atoms with E-state index in [1.165, 1.54) is 10.9 Å². The van der Waals surface area contributed by atoms with E-state index in [2.05, 4.69) is 61.9 Å². The van der Waals surface area contributed by atoms with Crippen molar-refractivity contribution in [3.05, 3.63) is 42.1 Å². The van der Waals surface area contributed by atoms with Crippen LogP contribution in [-0.2, 0) is 6.42 Å². The molecule has 0 fully saturated rings. The fourth-order valence-corrected chi connectivity index (χ4v) is 1.73. The highest BCUT2D eigenvalue weighted by Crippen LogP contribution is 2.17. The molecule has 92 valence electrons. The fourth-order valence-electron chi connectivity index (χ4n) is 1.73. The van der Waals surface area contributed by atoms with Gasteiger partial charge in [-0.1, -0.05) is 38.8 Å². The molecule has 0 radical (unpaired) electrons. The number of pyridine rings is 1. The van der Waals surface area contributed by atoms with Gasteiger partial charge in [0.2, 0.25) is 0 Å². The second-order valence-electron chi connectivity index (χ2n) is 5.80. The van der Waals surface area contributed by atoms with Gasteiger partial charge in [0.25, 0.3) is 0 Å². The lowest BCUT2D eigenvalue weighted by Gasteiger charge is -2.12. The highest BCUT2D eigenvalue weighted by molar-refractivity contribution is 5.78. The lowest BCUT2D eigenvalue weighted by Crippen LogP contribution is -2.02. The van der Waals surface area contributed by atoms with E-state index in [4.69, 9.17) is 0 Å². The Bertz CT molecular complexity index is 594. The van der Waals surface area contributed by atoms with Gasteiger partial charge in [0, 0.05) is 24.4 Å². The van der Waals surface area contributed by atoms with Gasteiger partial charge in [-0.25, -0.2) is 0 Å². The number of benzene rings is 1. The number of hydrogen-bond acceptors (Lipinski definition) is 1. The van der Waals surface area contributed by atoms with Gasteiger partial charge in [0.1, 0.15) is 0 Å². The van der Waals surface area contributed by atoms with Crippen LogP contribution in [0.15, 0.2) is 36.5 Å². The summed E-state index contributed by atoms with van der Waals surface area (Å²) in [6.45, 7) is 6.64. The van der Waals surface area contributed by atoms with Crippen molar-refractivity contribution in [1.29, 1.82) is 0 Å². The van der Waals surface area contributed by atoms with E-state index < -0.39 is 0 Å². The molecule has 2 aromatic rings. The number of fused-ring (bicyclic) bond motifs is 1. The summed E-state index contributed by atoms with van der Waals surface area (Å²) in [7, 11) is 0. The standard InChI is InChI=1S/C17H19N/c1-17(2,3)11-5-4-7-14-9-10-16-15(13-14)8-6-12-18-16/h6,8-10,12-13H,7,11H2,1-3H3. The Labute approximate surface area is 109 Å². The van der Waals surface area contributed by atoms with Crippen LogP contribution in [0, 0.1) is 17.3 Å². The van der Waals surface area contributed by atoms with Crippen molar-refractivity contribution >= 4 is 10.9 Å². The number of nitrogens with zero attached hydrogens (tertiary/aromatic N) is 1. The summed E-state index contributed by atoms with van der Waals surface area (Å²) < 4.78 is 0. The highest BCUT2D eigenvalue weighted by atomic mass is 14.6. The average Bonchev–Trinajstić information content (AvgIpc) is 2.33. The van der Waals surface area contributed by atoms with Crippen molar-refractivity contribution in [2.45, 2.75) is 33.6 Å². The molecular formula is C17H19N. The van der Waals surface area contributed by atoms with Crippen molar-refractivity contribution in [1.82, 2.24) is 4.98 Å². The van der Waals surface area contributed by atoms with Crippen LogP contribution in [-0.4, -0.2) is 4.98 Å².